The van der Waals surface area contributed by atoms with Gasteiger partial charge in [-0.1, -0.05) is 42.5 Å². The molecule has 0 saturated carbocycles. The van der Waals surface area contributed by atoms with Gasteiger partial charge in [0.1, 0.15) is 6.17 Å². The molecule has 2 aliphatic rings. The van der Waals surface area contributed by atoms with Gasteiger partial charge in [0.05, 0.1) is 12.2 Å². The van der Waals surface area contributed by atoms with Crippen LogP contribution in [0.5, 0.6) is 0 Å². The van der Waals surface area contributed by atoms with Crippen molar-refractivity contribution >= 4 is 22.6 Å². The second-order valence-corrected chi connectivity index (χ2v) is 5.69. The number of hydrogen-bond acceptors (Lipinski definition) is 4. The van der Waals surface area contributed by atoms with E-state index in [1.807, 2.05) is 6.07 Å². The van der Waals surface area contributed by atoms with Crippen molar-refractivity contribution in [1.29, 1.82) is 0 Å². The smallest absolute Gasteiger partial charge is 0.170 e. The molecular formula is C15H13N3S. The molecule has 2 aromatic rings. The lowest BCUT2D eigenvalue weighted by molar-refractivity contribution is 0.756. The zero-order valence-corrected chi connectivity index (χ0v) is 11.1. The second-order valence-electron chi connectivity index (χ2n) is 4.71. The lowest BCUT2D eigenvalue weighted by atomic mass is 10.0. The summed E-state index contributed by atoms with van der Waals surface area (Å²) in [6.07, 6.45) is -0.0870. The Kier molecular flexibility index (Phi) is 2.40. The zero-order chi connectivity index (χ0) is 12.8. The Hall–Kier alpha value is -1.78. The molecule has 0 bridgehead atoms. The molecule has 4 rings (SSSR count). The van der Waals surface area contributed by atoms with Crippen LogP contribution in [0.25, 0.3) is 11.1 Å². The van der Waals surface area contributed by atoms with Crippen LogP contribution in [0.2, 0.25) is 0 Å². The molecular weight excluding hydrogens is 254 g/mol. The third kappa shape index (κ3) is 1.68. The molecule has 1 unspecified atom stereocenters. The van der Waals surface area contributed by atoms with Crippen LogP contribution in [0, 0.1) is 0 Å². The van der Waals surface area contributed by atoms with E-state index >= 15 is 0 Å². The van der Waals surface area contributed by atoms with E-state index in [1.54, 1.807) is 11.8 Å². The Morgan fingerprint density at radius 1 is 1.11 bits per heavy atom. The molecule has 0 aromatic heterocycles. The van der Waals surface area contributed by atoms with Gasteiger partial charge in [0.15, 0.2) is 5.17 Å². The Morgan fingerprint density at radius 2 is 1.95 bits per heavy atom. The largest absolute Gasteiger partial charge is 0.316 e. The van der Waals surface area contributed by atoms with Gasteiger partial charge >= 0.3 is 0 Å². The van der Waals surface area contributed by atoms with Crippen molar-refractivity contribution in [3.63, 3.8) is 0 Å². The minimum absolute atomic E-state index is 0.0870. The molecule has 0 spiro atoms. The fraction of sp³-hybridized carbons (Fsp3) is 0.133. The van der Waals surface area contributed by atoms with Gasteiger partial charge in [-0.15, -0.1) is 0 Å². The van der Waals surface area contributed by atoms with Gasteiger partial charge in [-0.25, -0.2) is 4.99 Å². The number of nitrogens with zero attached hydrogens (tertiary/aromatic N) is 2. The third-order valence-corrected chi connectivity index (χ3v) is 4.58. The zero-order valence-electron chi connectivity index (χ0n) is 10.3. The monoisotopic (exact) mass is 267 g/mol. The molecule has 2 N–H and O–H groups in total. The van der Waals surface area contributed by atoms with Crippen molar-refractivity contribution in [2.45, 2.75) is 11.1 Å². The van der Waals surface area contributed by atoms with Crippen molar-refractivity contribution in [2.24, 2.45) is 10.7 Å². The number of aliphatic imine (C=N–C) groups is 1. The Bertz CT molecular complexity index is 666. The van der Waals surface area contributed by atoms with E-state index in [9.17, 15) is 0 Å². The fourth-order valence-corrected chi connectivity index (χ4v) is 3.81. The highest BCUT2D eigenvalue weighted by Crippen LogP contribution is 2.47. The highest BCUT2D eigenvalue weighted by Gasteiger charge is 2.34. The summed E-state index contributed by atoms with van der Waals surface area (Å²) in [7, 11) is 0. The van der Waals surface area contributed by atoms with Crippen LogP contribution in [-0.2, 0) is 0 Å². The Labute approximate surface area is 116 Å². The van der Waals surface area contributed by atoms with E-state index in [2.05, 4.69) is 52.4 Å². The molecule has 0 amide bonds. The normalized spacial score (nSPS) is 20.2. The van der Waals surface area contributed by atoms with Gasteiger partial charge in [-0.05, 0) is 29.0 Å². The minimum Gasteiger partial charge on any atom is -0.316 e. The summed E-state index contributed by atoms with van der Waals surface area (Å²) < 4.78 is 0. The standard InChI is InChI=1S/C15H13N3S/c16-13-9-18-12-8-4-7-11(10-5-2-1-3-6-10)14(12)19-15(18)17-13/h1-8,13H,9,16H2. The van der Waals surface area contributed by atoms with Gasteiger partial charge in [-0.3, -0.25) is 0 Å². The van der Waals surface area contributed by atoms with Crippen molar-refractivity contribution in [3.05, 3.63) is 48.5 Å². The summed E-state index contributed by atoms with van der Waals surface area (Å²) in [5.41, 5.74) is 9.64. The summed E-state index contributed by atoms with van der Waals surface area (Å²) in [5.74, 6) is 0. The highest BCUT2D eigenvalue weighted by atomic mass is 32.2. The number of hydrogen-bond donors (Lipinski definition) is 1. The molecule has 19 heavy (non-hydrogen) atoms. The summed E-state index contributed by atoms with van der Waals surface area (Å²) in [4.78, 5) is 7.99. The molecule has 0 aliphatic carbocycles. The van der Waals surface area contributed by atoms with Gasteiger partial charge in [0.2, 0.25) is 0 Å². The molecule has 4 heteroatoms. The SMILES string of the molecule is NC1CN2C(=N1)Sc1c(-c3ccccc3)cccc12. The summed E-state index contributed by atoms with van der Waals surface area (Å²) in [5, 5.41) is 1.03. The highest BCUT2D eigenvalue weighted by molar-refractivity contribution is 8.15. The van der Waals surface area contributed by atoms with E-state index in [1.165, 1.54) is 21.7 Å². The topological polar surface area (TPSA) is 41.6 Å². The molecule has 0 saturated heterocycles. The number of anilines is 1. The fourth-order valence-electron chi connectivity index (χ4n) is 2.58. The van der Waals surface area contributed by atoms with Crippen molar-refractivity contribution in [3.8, 4) is 11.1 Å². The van der Waals surface area contributed by atoms with Crippen LogP contribution in [0.15, 0.2) is 58.4 Å². The lowest BCUT2D eigenvalue weighted by Crippen LogP contribution is -2.28. The van der Waals surface area contributed by atoms with E-state index in [0.717, 1.165) is 11.7 Å². The van der Waals surface area contributed by atoms with Crippen molar-refractivity contribution < 1.29 is 0 Å². The number of rotatable bonds is 1. The predicted molar refractivity (Wildman–Crippen MR) is 80.5 cm³/mol. The molecule has 1 atom stereocenters. The first-order valence-corrected chi connectivity index (χ1v) is 7.12. The van der Waals surface area contributed by atoms with Gasteiger partial charge in [-0.2, -0.15) is 0 Å². The summed E-state index contributed by atoms with van der Waals surface area (Å²) in [6.45, 7) is 0.785. The van der Waals surface area contributed by atoms with Crippen molar-refractivity contribution in [2.75, 3.05) is 11.4 Å². The molecule has 0 fully saturated rings. The van der Waals surface area contributed by atoms with E-state index in [4.69, 9.17) is 5.73 Å². The number of nitrogens with two attached hydrogens (primary N) is 1. The predicted octanol–water partition coefficient (Wildman–Crippen LogP) is 2.92. The first-order valence-electron chi connectivity index (χ1n) is 6.30. The van der Waals surface area contributed by atoms with Crippen LogP contribution in [0.3, 0.4) is 0 Å². The molecule has 2 heterocycles. The van der Waals surface area contributed by atoms with Crippen LogP contribution in [0.1, 0.15) is 0 Å². The Morgan fingerprint density at radius 3 is 2.79 bits per heavy atom. The maximum absolute atomic E-state index is 5.89. The van der Waals surface area contributed by atoms with Gasteiger partial charge in [0, 0.05) is 4.90 Å². The van der Waals surface area contributed by atoms with E-state index in [0.29, 0.717) is 0 Å². The Balaban J connectivity index is 1.86. The van der Waals surface area contributed by atoms with Crippen molar-refractivity contribution in [1.82, 2.24) is 0 Å². The van der Waals surface area contributed by atoms with Crippen LogP contribution in [0.4, 0.5) is 5.69 Å². The molecule has 3 nitrogen and oxygen atoms in total. The van der Waals surface area contributed by atoms with Crippen LogP contribution in [-0.4, -0.2) is 17.9 Å². The second kappa shape index (κ2) is 4.11. The molecule has 94 valence electrons. The maximum atomic E-state index is 5.89. The minimum atomic E-state index is -0.0870. The summed E-state index contributed by atoms with van der Waals surface area (Å²) in [6, 6.07) is 16.9. The molecule has 2 aromatic carbocycles. The summed E-state index contributed by atoms with van der Waals surface area (Å²) >= 11 is 1.73. The number of thioether (sulfide) groups is 1. The third-order valence-electron chi connectivity index (χ3n) is 3.44. The average molecular weight is 267 g/mol. The number of fused-ring (bicyclic) bond motifs is 3. The van der Waals surface area contributed by atoms with E-state index < -0.39 is 0 Å². The molecule has 0 radical (unpaired) electrons. The lowest BCUT2D eigenvalue weighted by Gasteiger charge is -2.14. The van der Waals surface area contributed by atoms with Gasteiger partial charge in [0.25, 0.3) is 0 Å². The van der Waals surface area contributed by atoms with Gasteiger partial charge < -0.3 is 10.6 Å². The first-order chi connectivity index (χ1) is 9.33. The molecule has 2 aliphatic heterocycles. The first kappa shape index (κ1) is 11.1. The van der Waals surface area contributed by atoms with Crippen LogP contribution >= 0.6 is 11.8 Å². The average Bonchev–Trinajstić information content (AvgIpc) is 2.95. The maximum Gasteiger partial charge on any atom is 0.170 e. The quantitative estimate of drug-likeness (QED) is 0.863. The van der Waals surface area contributed by atoms with E-state index in [-0.39, 0.29) is 6.17 Å². The number of benzene rings is 2. The van der Waals surface area contributed by atoms with Crippen LogP contribution < -0.4 is 10.6 Å². The number of amidine groups is 1.